The van der Waals surface area contributed by atoms with E-state index in [9.17, 15) is 9.59 Å². The maximum atomic E-state index is 11.7. The molecule has 8 nitrogen and oxygen atoms in total. The van der Waals surface area contributed by atoms with Crippen molar-refractivity contribution in [3.8, 4) is 0 Å². The zero-order chi connectivity index (χ0) is 14.7. The molecule has 2 rings (SSSR count). The van der Waals surface area contributed by atoms with Gasteiger partial charge < -0.3 is 9.64 Å². The summed E-state index contributed by atoms with van der Waals surface area (Å²) in [5.74, 6) is 4.62. The van der Waals surface area contributed by atoms with Crippen LogP contribution in [-0.4, -0.2) is 52.8 Å². The Morgan fingerprint density at radius 2 is 2.30 bits per heavy atom. The van der Waals surface area contributed by atoms with E-state index >= 15 is 0 Å². The van der Waals surface area contributed by atoms with Gasteiger partial charge >= 0.3 is 0 Å². The molecule has 0 aromatic carbocycles. The third-order valence-electron chi connectivity index (χ3n) is 3.20. The van der Waals surface area contributed by atoms with E-state index in [-0.39, 0.29) is 17.9 Å². The molecule has 3 N–H and O–H groups in total. The number of hydrogen-bond acceptors (Lipinski definition) is 5. The Bertz CT molecular complexity index is 499. The molecule has 1 aliphatic heterocycles. The fraction of sp³-hybridized carbons (Fsp3) is 0.583. The zero-order valence-electron chi connectivity index (χ0n) is 11.6. The van der Waals surface area contributed by atoms with E-state index < -0.39 is 6.10 Å². The van der Waals surface area contributed by atoms with Gasteiger partial charge in [-0.3, -0.25) is 19.7 Å². The van der Waals surface area contributed by atoms with Gasteiger partial charge in [0.2, 0.25) is 0 Å². The number of carbonyl (C=O) groups excluding carboxylic acids is 2. The van der Waals surface area contributed by atoms with E-state index in [2.05, 4.69) is 10.5 Å². The summed E-state index contributed by atoms with van der Waals surface area (Å²) in [7, 11) is 3.36. The molecule has 1 saturated heterocycles. The van der Waals surface area contributed by atoms with Crippen molar-refractivity contribution in [2.24, 2.45) is 5.84 Å². The van der Waals surface area contributed by atoms with Crippen molar-refractivity contribution in [1.82, 2.24) is 20.1 Å². The fourth-order valence-electron chi connectivity index (χ4n) is 2.14. The van der Waals surface area contributed by atoms with Gasteiger partial charge in [0.1, 0.15) is 11.8 Å². The Balaban J connectivity index is 1.92. The molecule has 1 aromatic heterocycles. The number of amides is 2. The quantitative estimate of drug-likeness (QED) is 0.424. The molecule has 2 unspecified atom stereocenters. The molecule has 0 spiro atoms. The first-order valence-corrected chi connectivity index (χ1v) is 6.42. The average Bonchev–Trinajstić information content (AvgIpc) is 3.06. The Hall–Kier alpha value is -1.93. The Morgan fingerprint density at radius 3 is 2.95 bits per heavy atom. The number of hydrazine groups is 1. The van der Waals surface area contributed by atoms with Gasteiger partial charge in [-0.05, 0) is 18.9 Å². The molecule has 0 saturated carbocycles. The monoisotopic (exact) mass is 281 g/mol. The van der Waals surface area contributed by atoms with Crippen LogP contribution in [-0.2, 0) is 16.1 Å². The minimum Gasteiger partial charge on any atom is -0.363 e. The van der Waals surface area contributed by atoms with Crippen LogP contribution in [0.2, 0.25) is 0 Å². The molecule has 2 heterocycles. The molecular weight excluding hydrogens is 262 g/mol. The van der Waals surface area contributed by atoms with E-state index in [4.69, 9.17) is 10.6 Å². The van der Waals surface area contributed by atoms with Crippen molar-refractivity contribution < 1.29 is 14.3 Å². The van der Waals surface area contributed by atoms with Gasteiger partial charge in [0.15, 0.2) is 0 Å². The first-order valence-electron chi connectivity index (χ1n) is 6.42. The summed E-state index contributed by atoms with van der Waals surface area (Å²) in [5.41, 5.74) is 2.48. The minimum atomic E-state index is -0.497. The van der Waals surface area contributed by atoms with Gasteiger partial charge in [0, 0.05) is 20.3 Å². The highest BCUT2D eigenvalue weighted by molar-refractivity contribution is 5.91. The van der Waals surface area contributed by atoms with Crippen LogP contribution in [0, 0.1) is 0 Å². The first kappa shape index (κ1) is 14.5. The van der Waals surface area contributed by atoms with E-state index in [1.54, 1.807) is 31.0 Å². The van der Waals surface area contributed by atoms with Crippen LogP contribution >= 0.6 is 0 Å². The number of ether oxygens (including phenoxy) is 1. The van der Waals surface area contributed by atoms with Crippen molar-refractivity contribution in [1.29, 1.82) is 0 Å². The van der Waals surface area contributed by atoms with Crippen LogP contribution in [0.3, 0.4) is 0 Å². The summed E-state index contributed by atoms with van der Waals surface area (Å²) in [4.78, 5) is 24.5. The summed E-state index contributed by atoms with van der Waals surface area (Å²) in [6, 6.07) is 1.67. The highest BCUT2D eigenvalue weighted by Crippen LogP contribution is 2.21. The number of nitrogens with one attached hydrogen (secondary N) is 1. The van der Waals surface area contributed by atoms with Crippen LogP contribution in [0.5, 0.6) is 0 Å². The molecular formula is C12H19N5O3. The second kappa shape index (κ2) is 6.02. The molecule has 0 aliphatic carbocycles. The molecule has 20 heavy (non-hydrogen) atoms. The third-order valence-corrected chi connectivity index (χ3v) is 3.20. The van der Waals surface area contributed by atoms with Gasteiger partial charge in [0.25, 0.3) is 11.8 Å². The lowest BCUT2D eigenvalue weighted by atomic mass is 10.2. The van der Waals surface area contributed by atoms with Crippen molar-refractivity contribution in [3.05, 3.63) is 18.0 Å². The number of rotatable bonds is 4. The van der Waals surface area contributed by atoms with Crippen molar-refractivity contribution >= 4 is 11.8 Å². The predicted molar refractivity (Wildman–Crippen MR) is 70.5 cm³/mol. The van der Waals surface area contributed by atoms with Crippen molar-refractivity contribution in [2.45, 2.75) is 31.6 Å². The second-order valence-electron chi connectivity index (χ2n) is 4.96. The number of nitrogens with zero attached hydrogens (tertiary/aromatic N) is 3. The van der Waals surface area contributed by atoms with Gasteiger partial charge in [-0.2, -0.15) is 5.10 Å². The van der Waals surface area contributed by atoms with E-state index in [1.807, 2.05) is 0 Å². The third kappa shape index (κ3) is 3.14. The average molecular weight is 281 g/mol. The number of aromatic nitrogens is 2. The summed E-state index contributed by atoms with van der Waals surface area (Å²) in [6.07, 6.45) is 2.53. The highest BCUT2D eigenvalue weighted by atomic mass is 16.5. The molecule has 1 fully saturated rings. The molecule has 0 bridgehead atoms. The van der Waals surface area contributed by atoms with Crippen LogP contribution in [0.15, 0.2) is 12.3 Å². The van der Waals surface area contributed by atoms with Crippen LogP contribution in [0.1, 0.15) is 23.3 Å². The van der Waals surface area contributed by atoms with Gasteiger partial charge in [0.05, 0.1) is 12.6 Å². The summed E-state index contributed by atoms with van der Waals surface area (Å²) >= 11 is 0. The van der Waals surface area contributed by atoms with Crippen molar-refractivity contribution in [2.75, 3.05) is 14.1 Å². The van der Waals surface area contributed by atoms with E-state index in [0.29, 0.717) is 18.7 Å². The number of nitrogens with two attached hydrogens (primary N) is 1. The largest absolute Gasteiger partial charge is 0.363 e. The lowest BCUT2D eigenvalue weighted by molar-refractivity contribution is -0.132. The van der Waals surface area contributed by atoms with Crippen LogP contribution in [0.4, 0.5) is 0 Å². The molecule has 110 valence electrons. The van der Waals surface area contributed by atoms with E-state index in [0.717, 1.165) is 6.42 Å². The molecule has 1 aromatic rings. The lowest BCUT2D eigenvalue weighted by Crippen LogP contribution is -2.39. The molecule has 2 atom stereocenters. The topological polar surface area (TPSA) is 102 Å². The number of carbonyl (C=O) groups is 2. The normalized spacial score (nSPS) is 21.8. The molecule has 2 amide bonds. The van der Waals surface area contributed by atoms with Crippen LogP contribution < -0.4 is 11.3 Å². The smallest absolute Gasteiger partial charge is 0.273 e. The highest BCUT2D eigenvalue weighted by Gasteiger charge is 2.30. The molecule has 1 aliphatic rings. The van der Waals surface area contributed by atoms with E-state index in [1.165, 1.54) is 4.90 Å². The lowest BCUT2D eigenvalue weighted by Gasteiger charge is -2.12. The maximum absolute atomic E-state index is 11.7. The first-order chi connectivity index (χ1) is 9.51. The Labute approximate surface area is 116 Å². The summed E-state index contributed by atoms with van der Waals surface area (Å²) < 4.78 is 7.24. The van der Waals surface area contributed by atoms with Gasteiger partial charge in [-0.15, -0.1) is 0 Å². The Kier molecular flexibility index (Phi) is 4.35. The predicted octanol–water partition coefficient (Wildman–Crippen LogP) is -0.878. The SMILES string of the molecule is CN(C)C(=O)c1ccn(CC2CCC(C(=O)NN)O2)n1. The maximum Gasteiger partial charge on any atom is 0.273 e. The minimum absolute atomic E-state index is 0.0977. The summed E-state index contributed by atoms with van der Waals surface area (Å²) in [5, 5.41) is 4.21. The zero-order valence-corrected chi connectivity index (χ0v) is 11.6. The fourth-order valence-corrected chi connectivity index (χ4v) is 2.14. The summed E-state index contributed by atoms with van der Waals surface area (Å²) in [6.45, 7) is 0.509. The van der Waals surface area contributed by atoms with Gasteiger partial charge in [-0.25, -0.2) is 5.84 Å². The Morgan fingerprint density at radius 1 is 1.55 bits per heavy atom. The van der Waals surface area contributed by atoms with Crippen LogP contribution in [0.25, 0.3) is 0 Å². The van der Waals surface area contributed by atoms with Gasteiger partial charge in [-0.1, -0.05) is 0 Å². The molecule has 8 heteroatoms. The second-order valence-corrected chi connectivity index (χ2v) is 4.96. The molecule has 0 radical (unpaired) electrons. The van der Waals surface area contributed by atoms with Crippen molar-refractivity contribution in [3.63, 3.8) is 0 Å². The standard InChI is InChI=1S/C12H19N5O3/c1-16(2)12(19)9-5-6-17(15-9)7-8-3-4-10(20-8)11(18)14-13/h5-6,8,10H,3-4,7,13H2,1-2H3,(H,14,18). The number of hydrogen-bond donors (Lipinski definition) is 2.